The lowest BCUT2D eigenvalue weighted by molar-refractivity contribution is 0.355. The summed E-state index contributed by atoms with van der Waals surface area (Å²) in [6.45, 7) is 0. The average Bonchev–Trinajstić information content (AvgIpc) is 3.03. The summed E-state index contributed by atoms with van der Waals surface area (Å²) in [5, 5.41) is 10.4. The van der Waals surface area contributed by atoms with Gasteiger partial charge in [0.1, 0.15) is 17.4 Å². The second kappa shape index (κ2) is 6.29. The van der Waals surface area contributed by atoms with Crippen LogP contribution in [-0.4, -0.2) is 14.2 Å². The molecule has 0 unspecified atom stereocenters. The van der Waals surface area contributed by atoms with Crippen molar-refractivity contribution in [3.8, 4) is 17.6 Å². The summed E-state index contributed by atoms with van der Waals surface area (Å²) < 4.78 is 16.3. The average molecular weight is 305 g/mol. The molecule has 1 aromatic heterocycles. The normalized spacial score (nSPS) is 11.3. The smallest absolute Gasteiger partial charge is 0.161 e. The summed E-state index contributed by atoms with van der Waals surface area (Å²) in [6, 6.07) is 17.2. The molecule has 0 aliphatic rings. The number of methoxy groups -OCH3 is 2. The van der Waals surface area contributed by atoms with Crippen molar-refractivity contribution in [1.82, 2.24) is 0 Å². The first-order valence-corrected chi connectivity index (χ1v) is 7.08. The Morgan fingerprint density at radius 2 is 1.83 bits per heavy atom. The van der Waals surface area contributed by atoms with Crippen LogP contribution >= 0.6 is 0 Å². The van der Waals surface area contributed by atoms with E-state index in [9.17, 15) is 5.26 Å². The quantitative estimate of drug-likeness (QED) is 0.665. The zero-order valence-corrected chi connectivity index (χ0v) is 12.9. The third kappa shape index (κ3) is 2.90. The van der Waals surface area contributed by atoms with Crippen LogP contribution in [0.3, 0.4) is 0 Å². The minimum Gasteiger partial charge on any atom is -0.493 e. The fourth-order valence-corrected chi connectivity index (χ4v) is 2.38. The molecule has 0 amide bonds. The molecule has 4 nitrogen and oxygen atoms in total. The molecular weight excluding hydrogens is 290 g/mol. The summed E-state index contributed by atoms with van der Waals surface area (Å²) in [6.07, 6.45) is 1.76. The molecule has 0 saturated carbocycles. The van der Waals surface area contributed by atoms with Crippen molar-refractivity contribution in [1.29, 1.82) is 5.26 Å². The molecule has 0 bridgehead atoms. The van der Waals surface area contributed by atoms with Crippen LogP contribution < -0.4 is 9.47 Å². The number of ether oxygens (including phenoxy) is 2. The molecule has 0 aliphatic carbocycles. The SMILES string of the molecule is COc1ccc(C=C(C#N)c2cc3ccccc3o2)cc1OC. The van der Waals surface area contributed by atoms with Gasteiger partial charge in [-0.25, -0.2) is 0 Å². The predicted molar refractivity (Wildman–Crippen MR) is 89.2 cm³/mol. The van der Waals surface area contributed by atoms with Gasteiger partial charge in [-0.05, 0) is 35.9 Å². The van der Waals surface area contributed by atoms with Gasteiger partial charge >= 0.3 is 0 Å². The Morgan fingerprint density at radius 1 is 1.04 bits per heavy atom. The lowest BCUT2D eigenvalue weighted by Crippen LogP contribution is -1.90. The summed E-state index contributed by atoms with van der Waals surface area (Å²) in [7, 11) is 3.16. The van der Waals surface area contributed by atoms with Crippen LogP contribution in [0.4, 0.5) is 0 Å². The first kappa shape index (κ1) is 14.7. The van der Waals surface area contributed by atoms with Crippen molar-refractivity contribution in [2.45, 2.75) is 0 Å². The number of fused-ring (bicyclic) bond motifs is 1. The van der Waals surface area contributed by atoms with Crippen LogP contribution in [0.2, 0.25) is 0 Å². The van der Waals surface area contributed by atoms with E-state index in [-0.39, 0.29) is 0 Å². The van der Waals surface area contributed by atoms with Crippen molar-refractivity contribution in [3.63, 3.8) is 0 Å². The van der Waals surface area contributed by atoms with E-state index in [0.29, 0.717) is 22.8 Å². The zero-order chi connectivity index (χ0) is 16.2. The van der Waals surface area contributed by atoms with Crippen molar-refractivity contribution >= 4 is 22.6 Å². The molecule has 0 N–H and O–H groups in total. The topological polar surface area (TPSA) is 55.4 Å². The Kier molecular flexibility index (Phi) is 4.03. The maximum absolute atomic E-state index is 9.46. The molecule has 3 rings (SSSR count). The standard InChI is InChI=1S/C19H15NO3/c1-21-17-8-7-13(10-19(17)22-2)9-15(12-20)18-11-14-5-3-4-6-16(14)23-18/h3-11H,1-2H3. The number of hydrogen-bond donors (Lipinski definition) is 0. The zero-order valence-electron chi connectivity index (χ0n) is 12.9. The first-order valence-electron chi connectivity index (χ1n) is 7.08. The molecule has 0 spiro atoms. The number of furan rings is 1. The number of nitrogens with zero attached hydrogens (tertiary/aromatic N) is 1. The van der Waals surface area contributed by atoms with Gasteiger partial charge in [0, 0.05) is 5.39 Å². The Balaban J connectivity index is 2.03. The summed E-state index contributed by atoms with van der Waals surface area (Å²) in [5.74, 6) is 1.80. The minimum atomic E-state index is 0.452. The molecule has 23 heavy (non-hydrogen) atoms. The fourth-order valence-electron chi connectivity index (χ4n) is 2.38. The maximum atomic E-state index is 9.46. The maximum Gasteiger partial charge on any atom is 0.161 e. The molecule has 114 valence electrons. The molecular formula is C19H15NO3. The molecule has 1 heterocycles. The van der Waals surface area contributed by atoms with E-state index in [1.54, 1.807) is 26.4 Å². The van der Waals surface area contributed by atoms with Crippen LogP contribution in [-0.2, 0) is 0 Å². The highest BCUT2D eigenvalue weighted by Crippen LogP contribution is 2.30. The van der Waals surface area contributed by atoms with Crippen molar-refractivity contribution in [2.24, 2.45) is 0 Å². The molecule has 0 fully saturated rings. The van der Waals surface area contributed by atoms with Crippen molar-refractivity contribution < 1.29 is 13.9 Å². The lowest BCUT2D eigenvalue weighted by atomic mass is 10.1. The molecule has 0 atom stereocenters. The van der Waals surface area contributed by atoms with Gasteiger partial charge in [-0.15, -0.1) is 0 Å². The van der Waals surface area contributed by atoms with Crippen molar-refractivity contribution in [2.75, 3.05) is 14.2 Å². The molecule has 0 saturated heterocycles. The van der Waals surface area contributed by atoms with Crippen molar-refractivity contribution in [3.05, 3.63) is 59.9 Å². The number of allylic oxidation sites excluding steroid dienone is 1. The van der Waals surface area contributed by atoms with Crippen LogP contribution in [0.1, 0.15) is 11.3 Å². The highest BCUT2D eigenvalue weighted by atomic mass is 16.5. The number of para-hydroxylation sites is 1. The number of nitriles is 1. The number of rotatable bonds is 4. The predicted octanol–water partition coefficient (Wildman–Crippen LogP) is 4.51. The van der Waals surface area contributed by atoms with E-state index in [1.165, 1.54) is 0 Å². The van der Waals surface area contributed by atoms with E-state index in [1.807, 2.05) is 42.5 Å². The summed E-state index contributed by atoms with van der Waals surface area (Å²) >= 11 is 0. The highest BCUT2D eigenvalue weighted by molar-refractivity contribution is 5.92. The van der Waals surface area contributed by atoms with Gasteiger partial charge in [-0.2, -0.15) is 5.26 Å². The Labute approximate surface area is 134 Å². The van der Waals surface area contributed by atoms with Crippen LogP contribution in [0, 0.1) is 11.3 Å². The van der Waals surface area contributed by atoms with Gasteiger partial charge in [0.15, 0.2) is 11.5 Å². The Bertz CT molecular complexity index is 883. The summed E-state index contributed by atoms with van der Waals surface area (Å²) in [5.41, 5.74) is 2.05. The van der Waals surface area contributed by atoms with Crippen LogP contribution in [0.25, 0.3) is 22.6 Å². The Hall–Kier alpha value is -3.19. The molecule has 3 aromatic rings. The number of hydrogen-bond acceptors (Lipinski definition) is 4. The molecule has 4 heteroatoms. The van der Waals surface area contributed by atoms with Gasteiger partial charge in [-0.1, -0.05) is 24.3 Å². The van der Waals surface area contributed by atoms with E-state index < -0.39 is 0 Å². The minimum absolute atomic E-state index is 0.452. The first-order chi connectivity index (χ1) is 11.2. The monoisotopic (exact) mass is 305 g/mol. The Morgan fingerprint density at radius 3 is 2.52 bits per heavy atom. The highest BCUT2D eigenvalue weighted by Gasteiger charge is 2.10. The third-order valence-electron chi connectivity index (χ3n) is 3.53. The second-order valence-corrected chi connectivity index (χ2v) is 4.93. The lowest BCUT2D eigenvalue weighted by Gasteiger charge is -2.07. The van der Waals surface area contributed by atoms with E-state index in [0.717, 1.165) is 16.5 Å². The van der Waals surface area contributed by atoms with Gasteiger partial charge in [0.05, 0.1) is 19.8 Å². The fraction of sp³-hybridized carbons (Fsp3) is 0.105. The third-order valence-corrected chi connectivity index (χ3v) is 3.53. The van der Waals surface area contributed by atoms with Gasteiger partial charge in [0.2, 0.25) is 0 Å². The largest absolute Gasteiger partial charge is 0.493 e. The van der Waals surface area contributed by atoms with Gasteiger partial charge in [-0.3, -0.25) is 0 Å². The van der Waals surface area contributed by atoms with Gasteiger partial charge < -0.3 is 13.9 Å². The second-order valence-electron chi connectivity index (χ2n) is 4.93. The van der Waals surface area contributed by atoms with E-state index >= 15 is 0 Å². The molecule has 0 aliphatic heterocycles. The summed E-state index contributed by atoms with van der Waals surface area (Å²) in [4.78, 5) is 0. The van der Waals surface area contributed by atoms with E-state index in [2.05, 4.69) is 6.07 Å². The van der Waals surface area contributed by atoms with Gasteiger partial charge in [0.25, 0.3) is 0 Å². The van der Waals surface area contributed by atoms with E-state index in [4.69, 9.17) is 13.9 Å². The van der Waals surface area contributed by atoms with Crippen LogP contribution in [0.15, 0.2) is 52.9 Å². The molecule has 2 aromatic carbocycles. The number of benzene rings is 2. The van der Waals surface area contributed by atoms with Crippen LogP contribution in [0.5, 0.6) is 11.5 Å². The molecule has 0 radical (unpaired) electrons.